The predicted octanol–water partition coefficient (Wildman–Crippen LogP) is 5.85. The summed E-state index contributed by atoms with van der Waals surface area (Å²) in [6.07, 6.45) is 4.29. The fourth-order valence-corrected chi connectivity index (χ4v) is 5.81. The van der Waals surface area contributed by atoms with Gasteiger partial charge in [0.05, 0.1) is 6.04 Å². The van der Waals surface area contributed by atoms with E-state index < -0.39 is 0 Å². The lowest BCUT2D eigenvalue weighted by atomic mass is 9.90. The molecule has 0 spiro atoms. The van der Waals surface area contributed by atoms with Gasteiger partial charge in [0.2, 0.25) is 5.91 Å². The van der Waals surface area contributed by atoms with Crippen LogP contribution in [0.15, 0.2) is 85.1 Å². The minimum Gasteiger partial charge on any atom is -0.372 e. The van der Waals surface area contributed by atoms with Crippen LogP contribution in [0.3, 0.4) is 0 Å². The van der Waals surface area contributed by atoms with Gasteiger partial charge in [-0.25, -0.2) is 0 Å². The standard InChI is InChI=1S/C33H41N5O/c1-24(30-22-34-31-15-8-7-14-29(30)31)32(33(39)36-27-11-9-10-26(20-27)23-37(2)3)35-21-25-16-18-38(19-17-25)28-12-5-4-6-13-28/h4-15,20,22,24-25,32,34-35H,16-19,21,23H2,1-3H3,(H,36,39)/t24-,32+/m0/s1. The smallest absolute Gasteiger partial charge is 0.242 e. The summed E-state index contributed by atoms with van der Waals surface area (Å²) in [5.41, 5.74) is 5.58. The normalized spacial score (nSPS) is 15.9. The summed E-state index contributed by atoms with van der Waals surface area (Å²) in [5.74, 6) is 0.547. The molecule has 1 aliphatic heterocycles. The van der Waals surface area contributed by atoms with Crippen molar-refractivity contribution < 1.29 is 4.79 Å². The topological polar surface area (TPSA) is 63.4 Å². The summed E-state index contributed by atoms with van der Waals surface area (Å²) in [6.45, 7) is 5.91. The number of nitrogens with one attached hydrogen (secondary N) is 3. The van der Waals surface area contributed by atoms with Crippen LogP contribution >= 0.6 is 0 Å². The van der Waals surface area contributed by atoms with Crippen LogP contribution in [0.1, 0.15) is 36.8 Å². The van der Waals surface area contributed by atoms with Crippen LogP contribution in [-0.2, 0) is 11.3 Å². The number of H-pyrrole nitrogens is 1. The van der Waals surface area contributed by atoms with Crippen molar-refractivity contribution in [3.63, 3.8) is 0 Å². The Morgan fingerprint density at radius 3 is 2.51 bits per heavy atom. The van der Waals surface area contributed by atoms with Crippen molar-refractivity contribution in [2.24, 2.45) is 5.92 Å². The van der Waals surface area contributed by atoms with Gasteiger partial charge in [-0.15, -0.1) is 0 Å². The fraction of sp³-hybridized carbons (Fsp3) is 0.364. The first kappa shape index (κ1) is 27.0. The van der Waals surface area contributed by atoms with E-state index >= 15 is 0 Å². The molecule has 2 heterocycles. The van der Waals surface area contributed by atoms with E-state index in [0.717, 1.165) is 50.2 Å². The van der Waals surface area contributed by atoms with Crippen LogP contribution < -0.4 is 15.5 Å². The minimum atomic E-state index is -0.353. The molecule has 0 unspecified atom stereocenters. The number of hydrogen-bond acceptors (Lipinski definition) is 4. The SMILES string of the molecule is C[C@@H](c1c[nH]c2ccccc12)[C@@H](NCC1CCN(c2ccccc2)CC1)C(=O)Nc1cccc(CN(C)C)c1. The first-order valence-electron chi connectivity index (χ1n) is 14.1. The number of anilines is 2. The average molecular weight is 524 g/mol. The number of carbonyl (C=O) groups is 1. The number of fused-ring (bicyclic) bond motifs is 1. The highest BCUT2D eigenvalue weighted by atomic mass is 16.2. The van der Waals surface area contributed by atoms with E-state index in [-0.39, 0.29) is 17.9 Å². The highest BCUT2D eigenvalue weighted by molar-refractivity contribution is 5.96. The number of benzene rings is 3. The third-order valence-electron chi connectivity index (χ3n) is 7.95. The molecule has 5 rings (SSSR count). The number of nitrogens with zero attached hydrogens (tertiary/aromatic N) is 2. The molecule has 1 aliphatic rings. The predicted molar refractivity (Wildman–Crippen MR) is 162 cm³/mol. The molecule has 0 bridgehead atoms. The van der Waals surface area contributed by atoms with Gasteiger partial charge in [0.25, 0.3) is 0 Å². The van der Waals surface area contributed by atoms with Crippen molar-refractivity contribution in [3.05, 3.63) is 96.2 Å². The molecule has 2 atom stereocenters. The Kier molecular flexibility index (Phi) is 8.64. The zero-order chi connectivity index (χ0) is 27.2. The Bertz CT molecular complexity index is 1360. The Hall–Kier alpha value is -3.61. The van der Waals surface area contributed by atoms with E-state index in [2.05, 4.69) is 113 Å². The maximum absolute atomic E-state index is 13.8. The Morgan fingerprint density at radius 1 is 1.00 bits per heavy atom. The first-order valence-corrected chi connectivity index (χ1v) is 14.1. The summed E-state index contributed by atoms with van der Waals surface area (Å²) in [4.78, 5) is 21.8. The second kappa shape index (κ2) is 12.5. The van der Waals surface area contributed by atoms with E-state index in [0.29, 0.717) is 5.92 Å². The molecule has 6 nitrogen and oxygen atoms in total. The molecule has 1 aromatic heterocycles. The molecular formula is C33H41N5O. The number of aromatic amines is 1. The van der Waals surface area contributed by atoms with Crippen molar-refractivity contribution in [1.29, 1.82) is 0 Å². The average Bonchev–Trinajstić information content (AvgIpc) is 3.38. The quantitative estimate of drug-likeness (QED) is 0.244. The lowest BCUT2D eigenvalue weighted by Gasteiger charge is -2.35. The largest absolute Gasteiger partial charge is 0.372 e. The summed E-state index contributed by atoms with van der Waals surface area (Å²) in [7, 11) is 4.11. The third kappa shape index (κ3) is 6.70. The summed E-state index contributed by atoms with van der Waals surface area (Å²) in [6, 6.07) is 26.8. The zero-order valence-electron chi connectivity index (χ0n) is 23.4. The van der Waals surface area contributed by atoms with Gasteiger partial charge in [0, 0.05) is 54.0 Å². The van der Waals surface area contributed by atoms with Crippen LogP contribution in [0.25, 0.3) is 10.9 Å². The van der Waals surface area contributed by atoms with Crippen molar-refractivity contribution in [2.75, 3.05) is 43.9 Å². The molecule has 3 N–H and O–H groups in total. The molecule has 6 heteroatoms. The lowest BCUT2D eigenvalue weighted by Crippen LogP contribution is -2.47. The Labute approximate surface area is 232 Å². The maximum Gasteiger partial charge on any atom is 0.242 e. The summed E-state index contributed by atoms with van der Waals surface area (Å²) < 4.78 is 0. The van der Waals surface area contributed by atoms with Crippen molar-refractivity contribution in [1.82, 2.24) is 15.2 Å². The van der Waals surface area contributed by atoms with Gasteiger partial charge in [-0.1, -0.05) is 55.5 Å². The maximum atomic E-state index is 13.8. The molecule has 0 aliphatic carbocycles. The number of piperidine rings is 1. The minimum absolute atomic E-state index is 0.00415. The van der Waals surface area contributed by atoms with Gasteiger partial charge in [-0.2, -0.15) is 0 Å². The Balaban J connectivity index is 1.30. The highest BCUT2D eigenvalue weighted by Crippen LogP contribution is 2.29. The number of hydrogen-bond donors (Lipinski definition) is 3. The molecule has 1 saturated heterocycles. The van der Waals surface area contributed by atoms with Crippen molar-refractivity contribution >= 4 is 28.2 Å². The molecule has 0 saturated carbocycles. The van der Waals surface area contributed by atoms with Gasteiger partial charge >= 0.3 is 0 Å². The first-order chi connectivity index (χ1) is 19.0. The van der Waals surface area contributed by atoms with Crippen LogP contribution in [0.4, 0.5) is 11.4 Å². The lowest BCUT2D eigenvalue weighted by molar-refractivity contribution is -0.118. The molecule has 1 fully saturated rings. The van der Waals surface area contributed by atoms with Gasteiger partial charge in [-0.05, 0) is 80.9 Å². The van der Waals surface area contributed by atoms with E-state index in [1.165, 1.54) is 22.2 Å². The van der Waals surface area contributed by atoms with E-state index in [4.69, 9.17) is 0 Å². The van der Waals surface area contributed by atoms with Crippen molar-refractivity contribution in [2.45, 2.75) is 38.3 Å². The van der Waals surface area contributed by atoms with Crippen LogP contribution in [-0.4, -0.2) is 55.6 Å². The molecule has 1 amide bonds. The third-order valence-corrected chi connectivity index (χ3v) is 7.95. The zero-order valence-corrected chi connectivity index (χ0v) is 23.4. The van der Waals surface area contributed by atoms with Crippen LogP contribution in [0.2, 0.25) is 0 Å². The number of carbonyl (C=O) groups excluding carboxylic acids is 1. The highest BCUT2D eigenvalue weighted by Gasteiger charge is 2.29. The van der Waals surface area contributed by atoms with E-state index in [1.54, 1.807) is 0 Å². The van der Waals surface area contributed by atoms with Gasteiger partial charge in [0.15, 0.2) is 0 Å². The second-order valence-corrected chi connectivity index (χ2v) is 11.2. The van der Waals surface area contributed by atoms with Crippen LogP contribution in [0.5, 0.6) is 0 Å². The molecule has 4 aromatic rings. The number of aromatic nitrogens is 1. The fourth-order valence-electron chi connectivity index (χ4n) is 5.81. The van der Waals surface area contributed by atoms with Gasteiger partial charge in [0.1, 0.15) is 0 Å². The monoisotopic (exact) mass is 523 g/mol. The van der Waals surface area contributed by atoms with Gasteiger partial charge in [-0.3, -0.25) is 4.79 Å². The van der Waals surface area contributed by atoms with Crippen molar-refractivity contribution in [3.8, 4) is 0 Å². The molecular weight excluding hydrogens is 482 g/mol. The number of rotatable bonds is 10. The van der Waals surface area contributed by atoms with E-state index in [9.17, 15) is 4.79 Å². The summed E-state index contributed by atoms with van der Waals surface area (Å²) >= 11 is 0. The number of para-hydroxylation sites is 2. The molecule has 3 aromatic carbocycles. The number of amides is 1. The summed E-state index contributed by atoms with van der Waals surface area (Å²) in [5, 5.41) is 8.11. The molecule has 0 radical (unpaired) electrons. The molecule has 204 valence electrons. The van der Waals surface area contributed by atoms with Gasteiger partial charge < -0.3 is 25.4 Å². The van der Waals surface area contributed by atoms with Crippen LogP contribution in [0, 0.1) is 5.92 Å². The Morgan fingerprint density at radius 2 is 1.74 bits per heavy atom. The van der Waals surface area contributed by atoms with E-state index in [1.807, 2.05) is 18.2 Å². The molecule has 39 heavy (non-hydrogen) atoms. The second-order valence-electron chi connectivity index (χ2n) is 11.2.